The largest absolute Gasteiger partial charge is 0.454 e. The Balaban J connectivity index is 2.39. The van der Waals surface area contributed by atoms with E-state index in [0.717, 1.165) is 17.2 Å². The van der Waals surface area contributed by atoms with E-state index in [2.05, 4.69) is 0 Å². The maximum absolute atomic E-state index is 13.9. The Morgan fingerprint density at radius 3 is 2.48 bits per heavy atom. The standard InChI is InChI=1S/C17H16ClFO2/c1-10(2)13-8-17(11(3)6-14(13)18)21-16-5-4-12(9-20)7-15(16)19/h4-10H,1-3H3. The zero-order valence-electron chi connectivity index (χ0n) is 12.1. The van der Waals surface area contributed by atoms with Gasteiger partial charge in [0.2, 0.25) is 0 Å². The van der Waals surface area contributed by atoms with E-state index in [-0.39, 0.29) is 17.2 Å². The van der Waals surface area contributed by atoms with Crippen LogP contribution < -0.4 is 4.74 Å². The monoisotopic (exact) mass is 306 g/mol. The molecular formula is C17H16ClFO2. The molecule has 0 aliphatic heterocycles. The van der Waals surface area contributed by atoms with Crippen LogP contribution in [0.25, 0.3) is 0 Å². The summed E-state index contributed by atoms with van der Waals surface area (Å²) >= 11 is 6.20. The average molecular weight is 307 g/mol. The van der Waals surface area contributed by atoms with Gasteiger partial charge in [-0.2, -0.15) is 0 Å². The topological polar surface area (TPSA) is 26.3 Å². The van der Waals surface area contributed by atoms with Gasteiger partial charge in [0, 0.05) is 10.6 Å². The lowest BCUT2D eigenvalue weighted by molar-refractivity contribution is 0.112. The van der Waals surface area contributed by atoms with Crippen molar-refractivity contribution in [2.75, 3.05) is 0 Å². The third kappa shape index (κ3) is 3.42. The van der Waals surface area contributed by atoms with E-state index in [1.807, 2.05) is 32.9 Å². The molecule has 2 aromatic carbocycles. The first kappa shape index (κ1) is 15.5. The Morgan fingerprint density at radius 2 is 1.90 bits per heavy atom. The van der Waals surface area contributed by atoms with Crippen LogP contribution in [0.15, 0.2) is 30.3 Å². The molecule has 0 bridgehead atoms. The second-order valence-corrected chi connectivity index (χ2v) is 5.61. The third-order valence-electron chi connectivity index (χ3n) is 3.23. The van der Waals surface area contributed by atoms with E-state index in [9.17, 15) is 9.18 Å². The van der Waals surface area contributed by atoms with Crippen LogP contribution in [-0.2, 0) is 0 Å². The molecule has 0 radical (unpaired) electrons. The molecule has 2 nitrogen and oxygen atoms in total. The summed E-state index contributed by atoms with van der Waals surface area (Å²) in [6.07, 6.45) is 0.595. The van der Waals surface area contributed by atoms with E-state index >= 15 is 0 Å². The SMILES string of the molecule is Cc1cc(Cl)c(C(C)C)cc1Oc1ccc(C=O)cc1F. The predicted molar refractivity (Wildman–Crippen MR) is 82.1 cm³/mol. The van der Waals surface area contributed by atoms with Gasteiger partial charge in [0.05, 0.1) is 0 Å². The van der Waals surface area contributed by atoms with E-state index in [4.69, 9.17) is 16.3 Å². The summed E-state index contributed by atoms with van der Waals surface area (Å²) in [5, 5.41) is 0.673. The summed E-state index contributed by atoms with van der Waals surface area (Å²) in [5.74, 6) is 0.310. The third-order valence-corrected chi connectivity index (χ3v) is 3.56. The molecule has 0 amide bonds. The number of aldehydes is 1. The number of ether oxygens (including phenoxy) is 1. The Morgan fingerprint density at radius 1 is 1.19 bits per heavy atom. The molecule has 21 heavy (non-hydrogen) atoms. The van der Waals surface area contributed by atoms with Crippen LogP contribution in [0, 0.1) is 12.7 Å². The van der Waals surface area contributed by atoms with Crippen LogP contribution in [0.3, 0.4) is 0 Å². The highest BCUT2D eigenvalue weighted by Crippen LogP contribution is 2.34. The lowest BCUT2D eigenvalue weighted by Gasteiger charge is -2.15. The van der Waals surface area contributed by atoms with Crippen LogP contribution in [0.2, 0.25) is 5.02 Å². The van der Waals surface area contributed by atoms with Gasteiger partial charge in [0.25, 0.3) is 0 Å². The first-order chi connectivity index (χ1) is 9.92. The second-order valence-electron chi connectivity index (χ2n) is 5.20. The molecule has 0 saturated heterocycles. The van der Waals surface area contributed by atoms with Gasteiger partial charge in [0.15, 0.2) is 11.6 Å². The zero-order valence-corrected chi connectivity index (χ0v) is 12.9. The van der Waals surface area contributed by atoms with Crippen molar-refractivity contribution in [3.8, 4) is 11.5 Å². The van der Waals surface area contributed by atoms with Crippen molar-refractivity contribution in [1.29, 1.82) is 0 Å². The Hall–Kier alpha value is -1.87. The summed E-state index contributed by atoms with van der Waals surface area (Å²) < 4.78 is 19.5. The number of aryl methyl sites for hydroxylation is 1. The molecule has 0 aliphatic carbocycles. The number of carbonyl (C=O) groups is 1. The van der Waals surface area contributed by atoms with Gasteiger partial charge in [-0.05, 0) is 54.3 Å². The lowest BCUT2D eigenvalue weighted by Crippen LogP contribution is -1.96. The molecule has 0 N–H and O–H groups in total. The fourth-order valence-corrected chi connectivity index (χ4v) is 2.45. The Bertz CT molecular complexity index is 681. The number of halogens is 2. The van der Waals surface area contributed by atoms with Crippen molar-refractivity contribution in [1.82, 2.24) is 0 Å². The van der Waals surface area contributed by atoms with Crippen LogP contribution in [-0.4, -0.2) is 6.29 Å². The smallest absolute Gasteiger partial charge is 0.166 e. The van der Waals surface area contributed by atoms with Gasteiger partial charge in [-0.25, -0.2) is 4.39 Å². The van der Waals surface area contributed by atoms with Crippen LogP contribution >= 0.6 is 11.6 Å². The fraction of sp³-hybridized carbons (Fsp3) is 0.235. The van der Waals surface area contributed by atoms with Gasteiger partial charge >= 0.3 is 0 Å². The molecule has 110 valence electrons. The van der Waals surface area contributed by atoms with E-state index in [1.165, 1.54) is 12.1 Å². The van der Waals surface area contributed by atoms with Gasteiger partial charge in [-0.15, -0.1) is 0 Å². The molecule has 2 aromatic rings. The summed E-state index contributed by atoms with van der Waals surface area (Å²) in [5.41, 5.74) is 2.04. The van der Waals surface area contributed by atoms with Crippen molar-refractivity contribution in [3.05, 3.63) is 57.9 Å². The van der Waals surface area contributed by atoms with Gasteiger partial charge in [-0.1, -0.05) is 25.4 Å². The second kappa shape index (κ2) is 6.27. The summed E-state index contributed by atoms with van der Waals surface area (Å²) in [6.45, 7) is 5.91. The first-order valence-electron chi connectivity index (χ1n) is 6.65. The highest BCUT2D eigenvalue weighted by molar-refractivity contribution is 6.31. The number of benzene rings is 2. The van der Waals surface area contributed by atoms with Crippen LogP contribution in [0.1, 0.15) is 41.3 Å². The van der Waals surface area contributed by atoms with Gasteiger partial charge in [0.1, 0.15) is 12.0 Å². The number of carbonyl (C=O) groups excluding carboxylic acids is 1. The van der Waals surface area contributed by atoms with Crippen molar-refractivity contribution in [2.24, 2.45) is 0 Å². The molecule has 4 heteroatoms. The van der Waals surface area contributed by atoms with E-state index in [0.29, 0.717) is 17.1 Å². The van der Waals surface area contributed by atoms with Gasteiger partial charge < -0.3 is 4.74 Å². The minimum absolute atomic E-state index is 0.0840. The van der Waals surface area contributed by atoms with E-state index in [1.54, 1.807) is 0 Å². The van der Waals surface area contributed by atoms with Crippen LogP contribution in [0.5, 0.6) is 11.5 Å². The molecule has 0 saturated carbocycles. The summed E-state index contributed by atoms with van der Waals surface area (Å²) in [6, 6.07) is 7.75. The average Bonchev–Trinajstić information content (AvgIpc) is 2.43. The summed E-state index contributed by atoms with van der Waals surface area (Å²) in [7, 11) is 0. The Labute approximate surface area is 128 Å². The van der Waals surface area contributed by atoms with Crippen LogP contribution in [0.4, 0.5) is 4.39 Å². The van der Waals surface area contributed by atoms with Crippen molar-refractivity contribution < 1.29 is 13.9 Å². The highest BCUT2D eigenvalue weighted by Gasteiger charge is 2.12. The number of hydrogen-bond donors (Lipinski definition) is 0. The molecule has 0 unspecified atom stereocenters. The van der Waals surface area contributed by atoms with Gasteiger partial charge in [-0.3, -0.25) is 4.79 Å². The predicted octanol–water partition coefficient (Wildman–Crippen LogP) is 5.52. The molecule has 2 rings (SSSR count). The maximum Gasteiger partial charge on any atom is 0.166 e. The minimum atomic E-state index is -0.569. The molecule has 0 atom stereocenters. The number of rotatable bonds is 4. The zero-order chi connectivity index (χ0) is 15.6. The van der Waals surface area contributed by atoms with Crippen molar-refractivity contribution in [3.63, 3.8) is 0 Å². The molecule has 0 spiro atoms. The molecule has 0 aromatic heterocycles. The molecule has 0 heterocycles. The molecular weight excluding hydrogens is 291 g/mol. The normalized spacial score (nSPS) is 10.8. The molecule has 0 fully saturated rings. The molecule has 0 aliphatic rings. The first-order valence-corrected chi connectivity index (χ1v) is 7.02. The van der Waals surface area contributed by atoms with Crippen molar-refractivity contribution >= 4 is 17.9 Å². The number of hydrogen-bond acceptors (Lipinski definition) is 2. The minimum Gasteiger partial charge on any atom is -0.454 e. The Kier molecular flexibility index (Phi) is 4.63. The lowest BCUT2D eigenvalue weighted by atomic mass is 10.0. The summed E-state index contributed by atoms with van der Waals surface area (Å²) in [4.78, 5) is 10.6. The quantitative estimate of drug-likeness (QED) is 0.696. The fourth-order valence-electron chi connectivity index (χ4n) is 2.01. The van der Waals surface area contributed by atoms with E-state index < -0.39 is 5.82 Å². The van der Waals surface area contributed by atoms with Crippen molar-refractivity contribution in [2.45, 2.75) is 26.7 Å². The maximum atomic E-state index is 13.9. The highest BCUT2D eigenvalue weighted by atomic mass is 35.5.